The molecule has 1 aromatic carbocycles. The number of benzene rings is 1. The summed E-state index contributed by atoms with van der Waals surface area (Å²) in [4.78, 5) is 14.5. The zero-order chi connectivity index (χ0) is 20.0. The number of aromatic nitrogens is 2. The SMILES string of the molecule is CC(O)N1CCc2c(c(Nc3cccc(C(=O)NC4CC4)c3)nn2CC2CC2)C1. The molecule has 2 fully saturated rings. The highest BCUT2D eigenvalue weighted by atomic mass is 16.3. The predicted molar refractivity (Wildman–Crippen MR) is 111 cm³/mol. The topological polar surface area (TPSA) is 82.4 Å². The van der Waals surface area contributed by atoms with Crippen LogP contribution in [0.3, 0.4) is 0 Å². The van der Waals surface area contributed by atoms with Crippen LogP contribution in [0, 0.1) is 5.92 Å². The second-order valence-electron chi connectivity index (χ2n) is 8.71. The lowest BCUT2D eigenvalue weighted by molar-refractivity contribution is 0.00879. The van der Waals surface area contributed by atoms with Crippen LogP contribution in [0.2, 0.25) is 0 Å². The van der Waals surface area contributed by atoms with Crippen LogP contribution in [0.25, 0.3) is 0 Å². The molecule has 0 saturated heterocycles. The van der Waals surface area contributed by atoms with Gasteiger partial charge in [0.15, 0.2) is 5.82 Å². The average molecular weight is 396 g/mol. The van der Waals surface area contributed by atoms with Gasteiger partial charge in [-0.25, -0.2) is 0 Å². The van der Waals surface area contributed by atoms with E-state index >= 15 is 0 Å². The molecule has 5 rings (SSSR count). The van der Waals surface area contributed by atoms with Crippen LogP contribution in [0.15, 0.2) is 24.3 Å². The van der Waals surface area contributed by atoms with Gasteiger partial charge in [0.05, 0.1) is 0 Å². The normalized spacial score (nSPS) is 20.2. The standard InChI is InChI=1S/C22H29N5O2/c1-14(28)26-10-9-20-19(13-26)21(25-27(20)12-15-5-6-15)23-18-4-2-3-16(11-18)22(29)24-17-7-8-17/h2-4,11,14-15,17,28H,5-10,12-13H2,1H3,(H,23,25)(H,24,29). The molecule has 2 aromatic rings. The molecule has 1 amide bonds. The molecule has 7 heteroatoms. The van der Waals surface area contributed by atoms with Gasteiger partial charge in [-0.2, -0.15) is 5.10 Å². The number of aliphatic hydroxyl groups excluding tert-OH is 1. The Kier molecular flexibility index (Phi) is 4.80. The highest BCUT2D eigenvalue weighted by Crippen LogP contribution is 2.34. The van der Waals surface area contributed by atoms with E-state index < -0.39 is 6.23 Å². The Labute approximate surface area is 171 Å². The fourth-order valence-corrected chi connectivity index (χ4v) is 4.00. The third kappa shape index (κ3) is 4.16. The third-order valence-corrected chi connectivity index (χ3v) is 6.12. The summed E-state index contributed by atoms with van der Waals surface area (Å²) < 4.78 is 2.17. The zero-order valence-electron chi connectivity index (χ0n) is 16.9. The van der Waals surface area contributed by atoms with E-state index in [0.717, 1.165) is 55.3 Å². The number of nitrogens with zero attached hydrogens (tertiary/aromatic N) is 3. The van der Waals surface area contributed by atoms with Crippen molar-refractivity contribution >= 4 is 17.4 Å². The summed E-state index contributed by atoms with van der Waals surface area (Å²) in [5.41, 5.74) is 3.96. The van der Waals surface area contributed by atoms with Gasteiger partial charge in [0, 0.05) is 54.6 Å². The third-order valence-electron chi connectivity index (χ3n) is 6.12. The quantitative estimate of drug-likeness (QED) is 0.671. The Morgan fingerprint density at radius 1 is 1.31 bits per heavy atom. The van der Waals surface area contributed by atoms with Crippen molar-refractivity contribution in [1.82, 2.24) is 20.0 Å². The molecule has 2 saturated carbocycles. The number of carbonyl (C=O) groups excluding carboxylic acids is 1. The molecule has 0 spiro atoms. The summed E-state index contributed by atoms with van der Waals surface area (Å²) in [5.74, 6) is 1.57. The van der Waals surface area contributed by atoms with Crippen molar-refractivity contribution in [3.8, 4) is 0 Å². The highest BCUT2D eigenvalue weighted by molar-refractivity contribution is 5.95. The fraction of sp³-hybridized carbons (Fsp3) is 0.545. The molecule has 0 radical (unpaired) electrons. The molecule has 1 unspecified atom stereocenters. The number of amides is 1. The van der Waals surface area contributed by atoms with Gasteiger partial charge in [-0.15, -0.1) is 0 Å². The van der Waals surface area contributed by atoms with Crippen molar-refractivity contribution in [2.24, 2.45) is 5.92 Å². The molecule has 3 aliphatic rings. The zero-order valence-corrected chi connectivity index (χ0v) is 16.9. The van der Waals surface area contributed by atoms with E-state index in [1.54, 1.807) is 0 Å². The van der Waals surface area contributed by atoms with Gasteiger partial charge in [-0.05, 0) is 56.7 Å². The second-order valence-corrected chi connectivity index (χ2v) is 8.71. The maximum absolute atomic E-state index is 12.4. The van der Waals surface area contributed by atoms with E-state index in [4.69, 9.17) is 5.10 Å². The number of aliphatic hydroxyl groups is 1. The largest absolute Gasteiger partial charge is 0.379 e. The lowest BCUT2D eigenvalue weighted by Crippen LogP contribution is -2.37. The predicted octanol–water partition coefficient (Wildman–Crippen LogP) is 2.63. The number of anilines is 2. The average Bonchev–Trinajstić information content (AvgIpc) is 3.63. The Balaban J connectivity index is 1.40. The van der Waals surface area contributed by atoms with E-state index in [2.05, 4.69) is 20.2 Å². The highest BCUT2D eigenvalue weighted by Gasteiger charge is 2.30. The molecule has 1 atom stereocenters. The molecule has 7 nitrogen and oxygen atoms in total. The van der Waals surface area contributed by atoms with Crippen molar-refractivity contribution < 1.29 is 9.90 Å². The molecule has 154 valence electrons. The minimum Gasteiger partial charge on any atom is -0.379 e. The van der Waals surface area contributed by atoms with Crippen molar-refractivity contribution in [2.45, 2.75) is 64.4 Å². The van der Waals surface area contributed by atoms with E-state index in [-0.39, 0.29) is 5.91 Å². The Morgan fingerprint density at radius 2 is 2.14 bits per heavy atom. The molecule has 1 aromatic heterocycles. The summed E-state index contributed by atoms with van der Waals surface area (Å²) in [6, 6.07) is 7.95. The first-order chi connectivity index (χ1) is 14.1. The van der Waals surface area contributed by atoms with Crippen LogP contribution in [-0.4, -0.2) is 44.5 Å². The summed E-state index contributed by atoms with van der Waals surface area (Å²) in [5, 5.41) is 21.4. The number of hydrogen-bond donors (Lipinski definition) is 3. The van der Waals surface area contributed by atoms with Crippen molar-refractivity contribution in [3.05, 3.63) is 41.1 Å². The van der Waals surface area contributed by atoms with Crippen molar-refractivity contribution in [1.29, 1.82) is 0 Å². The van der Waals surface area contributed by atoms with Gasteiger partial charge in [0.25, 0.3) is 5.91 Å². The monoisotopic (exact) mass is 395 g/mol. The smallest absolute Gasteiger partial charge is 0.251 e. The van der Waals surface area contributed by atoms with E-state index in [0.29, 0.717) is 18.2 Å². The Bertz CT molecular complexity index is 914. The first-order valence-corrected chi connectivity index (χ1v) is 10.8. The van der Waals surface area contributed by atoms with E-state index in [1.807, 2.05) is 31.2 Å². The number of hydrogen-bond acceptors (Lipinski definition) is 5. The molecule has 3 N–H and O–H groups in total. The van der Waals surface area contributed by atoms with Crippen LogP contribution in [-0.2, 0) is 19.5 Å². The van der Waals surface area contributed by atoms with Gasteiger partial charge in [0.2, 0.25) is 0 Å². The molecule has 0 bridgehead atoms. The number of fused-ring (bicyclic) bond motifs is 1. The fourth-order valence-electron chi connectivity index (χ4n) is 4.00. The van der Waals surface area contributed by atoms with Crippen molar-refractivity contribution in [3.63, 3.8) is 0 Å². The first-order valence-electron chi connectivity index (χ1n) is 10.8. The van der Waals surface area contributed by atoms with Crippen LogP contribution in [0.1, 0.15) is 54.2 Å². The van der Waals surface area contributed by atoms with Gasteiger partial charge < -0.3 is 15.7 Å². The van der Waals surface area contributed by atoms with E-state index in [1.165, 1.54) is 18.5 Å². The van der Waals surface area contributed by atoms with Gasteiger partial charge in [0.1, 0.15) is 6.23 Å². The number of carbonyl (C=O) groups is 1. The van der Waals surface area contributed by atoms with Crippen LogP contribution < -0.4 is 10.6 Å². The lowest BCUT2D eigenvalue weighted by atomic mass is 10.1. The van der Waals surface area contributed by atoms with Gasteiger partial charge >= 0.3 is 0 Å². The Morgan fingerprint density at radius 3 is 2.86 bits per heavy atom. The summed E-state index contributed by atoms with van der Waals surface area (Å²) in [6.45, 7) is 4.32. The minimum atomic E-state index is -0.475. The second kappa shape index (κ2) is 7.46. The molecule has 2 aliphatic carbocycles. The number of rotatable bonds is 7. The summed E-state index contributed by atoms with van der Waals surface area (Å²) in [7, 11) is 0. The molecule has 1 aliphatic heterocycles. The first kappa shape index (κ1) is 18.6. The molecular weight excluding hydrogens is 366 g/mol. The number of nitrogens with one attached hydrogen (secondary N) is 2. The maximum Gasteiger partial charge on any atom is 0.251 e. The maximum atomic E-state index is 12.4. The van der Waals surface area contributed by atoms with Gasteiger partial charge in [-0.3, -0.25) is 14.4 Å². The lowest BCUT2D eigenvalue weighted by Gasteiger charge is -2.29. The molecule has 2 heterocycles. The van der Waals surface area contributed by atoms with E-state index in [9.17, 15) is 9.90 Å². The van der Waals surface area contributed by atoms with Crippen LogP contribution >= 0.6 is 0 Å². The molecular formula is C22H29N5O2. The van der Waals surface area contributed by atoms with Crippen LogP contribution in [0.4, 0.5) is 11.5 Å². The van der Waals surface area contributed by atoms with Crippen molar-refractivity contribution in [2.75, 3.05) is 11.9 Å². The minimum absolute atomic E-state index is 0.0160. The molecule has 29 heavy (non-hydrogen) atoms. The summed E-state index contributed by atoms with van der Waals surface area (Å²) >= 11 is 0. The van der Waals surface area contributed by atoms with Gasteiger partial charge in [-0.1, -0.05) is 6.07 Å². The summed E-state index contributed by atoms with van der Waals surface area (Å²) in [6.07, 6.45) is 5.15. The van der Waals surface area contributed by atoms with Crippen LogP contribution in [0.5, 0.6) is 0 Å². The Hall–Kier alpha value is -2.38.